The summed E-state index contributed by atoms with van der Waals surface area (Å²) < 4.78 is 5.55. The summed E-state index contributed by atoms with van der Waals surface area (Å²) in [5.74, 6) is 6.62. The van der Waals surface area contributed by atoms with Gasteiger partial charge in [0.25, 0.3) is 0 Å². The molecule has 0 amide bonds. The molecule has 0 bridgehead atoms. The zero-order valence-corrected chi connectivity index (χ0v) is 12.9. The highest BCUT2D eigenvalue weighted by atomic mass is 32.1. The van der Waals surface area contributed by atoms with Gasteiger partial charge in [-0.1, -0.05) is 19.1 Å². The fourth-order valence-electron chi connectivity index (χ4n) is 2.18. The molecule has 1 aromatic carbocycles. The molecule has 1 heterocycles. The van der Waals surface area contributed by atoms with Gasteiger partial charge in [0, 0.05) is 16.2 Å². The zero-order valence-electron chi connectivity index (χ0n) is 12.1. The van der Waals surface area contributed by atoms with Crippen LogP contribution < -0.4 is 16.0 Å². The average molecular weight is 290 g/mol. The minimum Gasteiger partial charge on any atom is -0.494 e. The first kappa shape index (κ1) is 15.0. The highest BCUT2D eigenvalue weighted by molar-refractivity contribution is 7.11. The van der Waals surface area contributed by atoms with Crippen molar-refractivity contribution in [3.8, 4) is 5.75 Å². The summed E-state index contributed by atoms with van der Waals surface area (Å²) in [5, 5.41) is 0. The van der Waals surface area contributed by atoms with E-state index in [-0.39, 0.29) is 6.04 Å². The van der Waals surface area contributed by atoms with E-state index in [9.17, 15) is 0 Å². The van der Waals surface area contributed by atoms with Crippen molar-refractivity contribution in [3.63, 3.8) is 0 Å². The van der Waals surface area contributed by atoms with Crippen molar-refractivity contribution in [2.75, 3.05) is 6.61 Å². The van der Waals surface area contributed by atoms with Crippen molar-refractivity contribution in [1.29, 1.82) is 0 Å². The molecule has 108 valence electrons. The Hall–Kier alpha value is -1.36. The van der Waals surface area contributed by atoms with Crippen LogP contribution in [-0.2, 0) is 12.8 Å². The standard InChI is InChI=1S/C16H22N2OS/c1-3-14-8-9-15(20-14)11-16(18-17)12-6-5-7-13(10-12)19-4-2/h5-10,16,18H,3-4,11,17H2,1-2H3. The maximum atomic E-state index is 5.73. The average Bonchev–Trinajstić information content (AvgIpc) is 2.93. The lowest BCUT2D eigenvalue weighted by Crippen LogP contribution is -2.29. The van der Waals surface area contributed by atoms with E-state index >= 15 is 0 Å². The molecule has 0 aliphatic rings. The van der Waals surface area contributed by atoms with Crippen LogP contribution in [0.2, 0.25) is 0 Å². The number of hydrogen-bond donors (Lipinski definition) is 2. The van der Waals surface area contributed by atoms with Crippen molar-refractivity contribution < 1.29 is 4.74 Å². The Kier molecular flexibility index (Phi) is 5.59. The topological polar surface area (TPSA) is 47.3 Å². The lowest BCUT2D eigenvalue weighted by atomic mass is 10.0. The summed E-state index contributed by atoms with van der Waals surface area (Å²) in [6.45, 7) is 4.85. The van der Waals surface area contributed by atoms with Crippen LogP contribution in [0.1, 0.15) is 35.2 Å². The number of nitrogens with two attached hydrogens (primary N) is 1. The predicted molar refractivity (Wildman–Crippen MR) is 85.1 cm³/mol. The second-order valence-electron chi connectivity index (χ2n) is 4.65. The molecule has 1 unspecified atom stereocenters. The minimum absolute atomic E-state index is 0.110. The van der Waals surface area contributed by atoms with Crippen LogP contribution in [0.3, 0.4) is 0 Å². The van der Waals surface area contributed by atoms with Gasteiger partial charge in [-0.3, -0.25) is 11.3 Å². The van der Waals surface area contributed by atoms with Crippen molar-refractivity contribution in [3.05, 3.63) is 51.7 Å². The van der Waals surface area contributed by atoms with Gasteiger partial charge in [-0.05, 0) is 43.2 Å². The largest absolute Gasteiger partial charge is 0.494 e. The number of ether oxygens (including phenoxy) is 1. The smallest absolute Gasteiger partial charge is 0.119 e. The van der Waals surface area contributed by atoms with E-state index in [0.717, 1.165) is 24.2 Å². The van der Waals surface area contributed by atoms with Gasteiger partial charge in [-0.15, -0.1) is 11.3 Å². The van der Waals surface area contributed by atoms with E-state index in [2.05, 4.69) is 36.6 Å². The van der Waals surface area contributed by atoms with Gasteiger partial charge in [-0.25, -0.2) is 0 Å². The Morgan fingerprint density at radius 1 is 1.20 bits per heavy atom. The van der Waals surface area contributed by atoms with Gasteiger partial charge >= 0.3 is 0 Å². The lowest BCUT2D eigenvalue weighted by molar-refractivity contribution is 0.339. The third-order valence-corrected chi connectivity index (χ3v) is 4.50. The van der Waals surface area contributed by atoms with E-state index in [1.54, 1.807) is 0 Å². The van der Waals surface area contributed by atoms with Crippen molar-refractivity contribution >= 4 is 11.3 Å². The summed E-state index contributed by atoms with van der Waals surface area (Å²) in [7, 11) is 0. The number of thiophene rings is 1. The van der Waals surface area contributed by atoms with Gasteiger partial charge in [0.15, 0.2) is 0 Å². The Labute approximate surface area is 124 Å². The Bertz CT molecular complexity index is 539. The first-order valence-corrected chi connectivity index (χ1v) is 7.85. The molecular formula is C16H22N2OS. The normalized spacial score (nSPS) is 12.3. The van der Waals surface area contributed by atoms with E-state index in [4.69, 9.17) is 10.6 Å². The number of aryl methyl sites for hydroxylation is 1. The quantitative estimate of drug-likeness (QED) is 0.606. The van der Waals surface area contributed by atoms with Crippen molar-refractivity contribution in [1.82, 2.24) is 5.43 Å². The van der Waals surface area contributed by atoms with Crippen molar-refractivity contribution in [2.45, 2.75) is 32.7 Å². The van der Waals surface area contributed by atoms with Crippen LogP contribution in [-0.4, -0.2) is 6.61 Å². The maximum absolute atomic E-state index is 5.73. The van der Waals surface area contributed by atoms with E-state index < -0.39 is 0 Å². The monoisotopic (exact) mass is 290 g/mol. The highest BCUT2D eigenvalue weighted by Crippen LogP contribution is 2.25. The molecule has 0 radical (unpaired) electrons. The molecule has 20 heavy (non-hydrogen) atoms. The van der Waals surface area contributed by atoms with Gasteiger partial charge < -0.3 is 4.74 Å². The third-order valence-electron chi connectivity index (χ3n) is 3.24. The number of hydrazine groups is 1. The summed E-state index contributed by atoms with van der Waals surface area (Å²) >= 11 is 1.86. The molecule has 0 spiro atoms. The Morgan fingerprint density at radius 2 is 2.00 bits per heavy atom. The molecular weight excluding hydrogens is 268 g/mol. The van der Waals surface area contributed by atoms with Gasteiger partial charge in [0.05, 0.1) is 12.6 Å². The van der Waals surface area contributed by atoms with Gasteiger partial charge in [0.1, 0.15) is 5.75 Å². The molecule has 0 saturated heterocycles. The molecule has 1 atom stereocenters. The van der Waals surface area contributed by atoms with E-state index in [0.29, 0.717) is 6.61 Å². The number of rotatable bonds is 7. The maximum Gasteiger partial charge on any atom is 0.119 e. The second-order valence-corrected chi connectivity index (χ2v) is 5.90. The molecule has 0 saturated carbocycles. The van der Waals surface area contributed by atoms with Gasteiger partial charge in [-0.2, -0.15) is 0 Å². The molecule has 0 aliphatic carbocycles. The van der Waals surface area contributed by atoms with Gasteiger partial charge in [0.2, 0.25) is 0 Å². The predicted octanol–water partition coefficient (Wildman–Crippen LogP) is 3.46. The molecule has 4 heteroatoms. The highest BCUT2D eigenvalue weighted by Gasteiger charge is 2.12. The molecule has 3 N–H and O–H groups in total. The third kappa shape index (κ3) is 3.82. The van der Waals surface area contributed by atoms with Crippen LogP contribution in [0.4, 0.5) is 0 Å². The SMILES string of the molecule is CCOc1cccc(C(Cc2ccc(CC)s2)NN)c1. The van der Waals surface area contributed by atoms with Crippen LogP contribution in [0.5, 0.6) is 5.75 Å². The molecule has 2 rings (SSSR count). The lowest BCUT2D eigenvalue weighted by Gasteiger charge is -2.16. The summed E-state index contributed by atoms with van der Waals surface area (Å²) in [4.78, 5) is 2.77. The Morgan fingerprint density at radius 3 is 2.65 bits per heavy atom. The molecule has 2 aromatic rings. The number of nitrogens with one attached hydrogen (secondary N) is 1. The second kappa shape index (κ2) is 7.43. The fraction of sp³-hybridized carbons (Fsp3) is 0.375. The number of benzene rings is 1. The van der Waals surface area contributed by atoms with Crippen LogP contribution >= 0.6 is 11.3 Å². The van der Waals surface area contributed by atoms with Crippen molar-refractivity contribution in [2.24, 2.45) is 5.84 Å². The molecule has 3 nitrogen and oxygen atoms in total. The minimum atomic E-state index is 0.110. The van der Waals surface area contributed by atoms with E-state index in [1.165, 1.54) is 9.75 Å². The number of hydrogen-bond acceptors (Lipinski definition) is 4. The van der Waals surface area contributed by atoms with Crippen LogP contribution in [0.15, 0.2) is 36.4 Å². The molecule has 0 aliphatic heterocycles. The summed E-state index contributed by atoms with van der Waals surface area (Å²) in [6, 6.07) is 12.6. The molecule has 1 aromatic heterocycles. The van der Waals surface area contributed by atoms with E-state index in [1.807, 2.05) is 30.4 Å². The first-order chi connectivity index (χ1) is 9.76. The van der Waals surface area contributed by atoms with Crippen LogP contribution in [0, 0.1) is 0 Å². The Balaban J connectivity index is 2.12. The summed E-state index contributed by atoms with van der Waals surface area (Å²) in [6.07, 6.45) is 1.99. The summed E-state index contributed by atoms with van der Waals surface area (Å²) in [5.41, 5.74) is 4.07. The molecule has 0 fully saturated rings. The first-order valence-electron chi connectivity index (χ1n) is 7.03. The van der Waals surface area contributed by atoms with Crippen LogP contribution in [0.25, 0.3) is 0 Å². The zero-order chi connectivity index (χ0) is 14.4. The fourth-order valence-corrected chi connectivity index (χ4v) is 3.19.